The first-order valence-corrected chi connectivity index (χ1v) is 6.67. The molecule has 1 aromatic carbocycles. The van der Waals surface area contributed by atoms with Crippen LogP contribution in [0, 0.1) is 5.82 Å². The van der Waals surface area contributed by atoms with Gasteiger partial charge in [-0.2, -0.15) is 0 Å². The lowest BCUT2D eigenvalue weighted by atomic mass is 10.1. The first kappa shape index (κ1) is 13.4. The Morgan fingerprint density at radius 1 is 1.24 bits per heavy atom. The Kier molecular flexibility index (Phi) is 3.48. The van der Waals surface area contributed by atoms with Gasteiger partial charge in [0.25, 0.3) is 0 Å². The second-order valence-electron chi connectivity index (χ2n) is 4.51. The van der Waals surface area contributed by atoms with Gasteiger partial charge in [0, 0.05) is 18.0 Å². The summed E-state index contributed by atoms with van der Waals surface area (Å²) in [6.45, 7) is 2.49. The molecule has 4 nitrogen and oxygen atoms in total. The molecule has 0 saturated heterocycles. The maximum Gasteiger partial charge on any atom is 0.180 e. The monoisotopic (exact) mass is 286 g/mol. The molecule has 0 aliphatic rings. The molecule has 0 spiro atoms. The molecule has 2 aromatic heterocycles. The third-order valence-corrected chi connectivity index (χ3v) is 3.19. The average Bonchev–Trinajstić information content (AvgIpc) is 2.92. The lowest BCUT2D eigenvalue weighted by Crippen LogP contribution is -1.94. The van der Waals surface area contributed by atoms with E-state index in [0.29, 0.717) is 29.3 Å². The zero-order valence-electron chi connectivity index (χ0n) is 11.8. The molecule has 0 saturated carbocycles. The van der Waals surface area contributed by atoms with Gasteiger partial charge in [0.2, 0.25) is 0 Å². The quantitative estimate of drug-likeness (QED) is 0.736. The molecule has 21 heavy (non-hydrogen) atoms. The second kappa shape index (κ2) is 5.44. The molecule has 108 valence electrons. The number of rotatable bonds is 4. The zero-order chi connectivity index (χ0) is 14.8. The molecule has 0 N–H and O–H groups in total. The predicted octanol–water partition coefficient (Wildman–Crippen LogP) is 3.55. The first-order valence-electron chi connectivity index (χ1n) is 6.67. The van der Waals surface area contributed by atoms with Crippen molar-refractivity contribution < 1.29 is 13.9 Å². The fourth-order valence-corrected chi connectivity index (χ4v) is 2.22. The fourth-order valence-electron chi connectivity index (χ4n) is 2.22. The van der Waals surface area contributed by atoms with Crippen molar-refractivity contribution in [3.63, 3.8) is 0 Å². The van der Waals surface area contributed by atoms with Crippen LogP contribution in [0.1, 0.15) is 6.92 Å². The number of pyridine rings is 1. The van der Waals surface area contributed by atoms with E-state index in [1.807, 2.05) is 35.9 Å². The van der Waals surface area contributed by atoms with Gasteiger partial charge in [-0.25, -0.2) is 9.37 Å². The Balaban J connectivity index is 2.08. The lowest BCUT2D eigenvalue weighted by molar-refractivity contribution is 0.342. The van der Waals surface area contributed by atoms with E-state index in [2.05, 4.69) is 4.98 Å². The van der Waals surface area contributed by atoms with Gasteiger partial charge >= 0.3 is 0 Å². The van der Waals surface area contributed by atoms with Crippen molar-refractivity contribution in [2.45, 2.75) is 6.92 Å². The van der Waals surface area contributed by atoms with E-state index in [1.165, 1.54) is 13.2 Å². The van der Waals surface area contributed by atoms with E-state index in [4.69, 9.17) is 9.47 Å². The standard InChI is InChI=1S/C16H15FN2O2/c1-3-21-15-5-4-8-19-10-13(18-16(15)19)11-6-7-14(20-2)12(17)9-11/h4-10H,3H2,1-2H3. The number of imidazole rings is 1. The van der Waals surface area contributed by atoms with Gasteiger partial charge in [0.1, 0.15) is 0 Å². The minimum Gasteiger partial charge on any atom is -0.494 e. The molecule has 0 bridgehead atoms. The topological polar surface area (TPSA) is 35.8 Å². The third kappa shape index (κ3) is 2.42. The second-order valence-corrected chi connectivity index (χ2v) is 4.51. The maximum absolute atomic E-state index is 13.8. The summed E-state index contributed by atoms with van der Waals surface area (Å²) in [4.78, 5) is 4.53. The van der Waals surface area contributed by atoms with Crippen LogP contribution in [0.4, 0.5) is 4.39 Å². The van der Waals surface area contributed by atoms with E-state index in [-0.39, 0.29) is 5.75 Å². The van der Waals surface area contributed by atoms with Gasteiger partial charge in [-0.15, -0.1) is 0 Å². The van der Waals surface area contributed by atoms with Crippen molar-refractivity contribution in [1.29, 1.82) is 0 Å². The van der Waals surface area contributed by atoms with E-state index in [1.54, 1.807) is 12.1 Å². The average molecular weight is 286 g/mol. The molecular formula is C16H15FN2O2. The summed E-state index contributed by atoms with van der Waals surface area (Å²) in [6, 6.07) is 8.55. The molecule has 0 radical (unpaired) electrons. The fraction of sp³-hybridized carbons (Fsp3) is 0.188. The number of fused-ring (bicyclic) bond motifs is 1. The summed E-state index contributed by atoms with van der Waals surface area (Å²) in [5, 5.41) is 0. The van der Waals surface area contributed by atoms with Crippen LogP contribution in [-0.2, 0) is 0 Å². The molecule has 0 aliphatic heterocycles. The molecule has 3 rings (SSSR count). The van der Waals surface area contributed by atoms with Gasteiger partial charge in [-0.3, -0.25) is 0 Å². The highest BCUT2D eigenvalue weighted by Crippen LogP contribution is 2.27. The highest BCUT2D eigenvalue weighted by Gasteiger charge is 2.11. The highest BCUT2D eigenvalue weighted by molar-refractivity contribution is 5.66. The van der Waals surface area contributed by atoms with Crippen molar-refractivity contribution in [2.75, 3.05) is 13.7 Å². The summed E-state index contributed by atoms with van der Waals surface area (Å²) in [5.41, 5.74) is 2.09. The van der Waals surface area contributed by atoms with Crippen LogP contribution < -0.4 is 9.47 Å². The van der Waals surface area contributed by atoms with E-state index < -0.39 is 5.82 Å². The predicted molar refractivity (Wildman–Crippen MR) is 78.3 cm³/mol. The van der Waals surface area contributed by atoms with Crippen molar-refractivity contribution >= 4 is 5.65 Å². The number of benzene rings is 1. The Morgan fingerprint density at radius 3 is 2.81 bits per heavy atom. The van der Waals surface area contributed by atoms with Crippen molar-refractivity contribution in [3.05, 3.63) is 48.5 Å². The lowest BCUT2D eigenvalue weighted by Gasteiger charge is -2.03. The van der Waals surface area contributed by atoms with Crippen LogP contribution in [-0.4, -0.2) is 23.1 Å². The zero-order valence-corrected chi connectivity index (χ0v) is 11.8. The Bertz CT molecular complexity index is 783. The number of hydrogen-bond donors (Lipinski definition) is 0. The minimum absolute atomic E-state index is 0.220. The third-order valence-electron chi connectivity index (χ3n) is 3.19. The van der Waals surface area contributed by atoms with E-state index in [9.17, 15) is 4.39 Å². The number of aromatic nitrogens is 2. The molecule has 0 amide bonds. The summed E-state index contributed by atoms with van der Waals surface area (Å²) >= 11 is 0. The maximum atomic E-state index is 13.8. The van der Waals surface area contributed by atoms with Gasteiger partial charge < -0.3 is 13.9 Å². The summed E-state index contributed by atoms with van der Waals surface area (Å²) in [5.74, 6) is 0.523. The van der Waals surface area contributed by atoms with Crippen LogP contribution in [0.3, 0.4) is 0 Å². The van der Waals surface area contributed by atoms with Crippen LogP contribution in [0.15, 0.2) is 42.7 Å². The number of methoxy groups -OCH3 is 1. The van der Waals surface area contributed by atoms with Gasteiger partial charge in [-0.05, 0) is 37.3 Å². The van der Waals surface area contributed by atoms with Crippen LogP contribution in [0.2, 0.25) is 0 Å². The minimum atomic E-state index is -0.405. The number of ether oxygens (including phenoxy) is 2. The summed E-state index contributed by atoms with van der Waals surface area (Å²) in [6.07, 6.45) is 3.73. The highest BCUT2D eigenvalue weighted by atomic mass is 19.1. The van der Waals surface area contributed by atoms with Crippen LogP contribution in [0.5, 0.6) is 11.5 Å². The number of hydrogen-bond acceptors (Lipinski definition) is 3. The molecule has 0 fully saturated rings. The van der Waals surface area contributed by atoms with Gasteiger partial charge in [0.05, 0.1) is 19.4 Å². The largest absolute Gasteiger partial charge is 0.494 e. The molecule has 5 heteroatoms. The number of halogens is 1. The molecule has 0 atom stereocenters. The molecular weight excluding hydrogens is 271 g/mol. The SMILES string of the molecule is CCOc1cccn2cc(-c3ccc(OC)c(F)c3)nc12. The van der Waals surface area contributed by atoms with Crippen LogP contribution in [0.25, 0.3) is 16.9 Å². The first-order chi connectivity index (χ1) is 10.2. The Labute approximate surface area is 121 Å². The van der Waals surface area contributed by atoms with Gasteiger partial charge in [-0.1, -0.05) is 0 Å². The van der Waals surface area contributed by atoms with E-state index in [0.717, 1.165) is 0 Å². The molecule has 0 unspecified atom stereocenters. The smallest absolute Gasteiger partial charge is 0.180 e. The Hall–Kier alpha value is -2.56. The van der Waals surface area contributed by atoms with E-state index >= 15 is 0 Å². The molecule has 2 heterocycles. The van der Waals surface area contributed by atoms with Crippen molar-refractivity contribution in [3.8, 4) is 22.8 Å². The van der Waals surface area contributed by atoms with Crippen molar-refractivity contribution in [2.24, 2.45) is 0 Å². The van der Waals surface area contributed by atoms with Crippen molar-refractivity contribution in [1.82, 2.24) is 9.38 Å². The summed E-state index contributed by atoms with van der Waals surface area (Å²) in [7, 11) is 1.44. The normalized spacial score (nSPS) is 10.8. The van der Waals surface area contributed by atoms with Crippen LogP contribution >= 0.6 is 0 Å². The summed E-state index contributed by atoms with van der Waals surface area (Å²) < 4.78 is 26.1. The number of nitrogens with zero attached hydrogens (tertiary/aromatic N) is 2. The molecule has 3 aromatic rings. The molecule has 0 aliphatic carbocycles. The Morgan fingerprint density at radius 2 is 2.10 bits per heavy atom. The van der Waals surface area contributed by atoms with Gasteiger partial charge in [0.15, 0.2) is 23.0 Å².